The van der Waals surface area contributed by atoms with Crippen LogP contribution in [0.15, 0.2) is 12.2 Å². The Bertz CT molecular complexity index is 410. The lowest BCUT2D eigenvalue weighted by Crippen LogP contribution is -2.53. The SMILES string of the molecule is CC(CNC(=O)N1CC2CC=CCC2C1)N1CCOCC1C. The predicted octanol–water partition coefficient (Wildman–Crippen LogP) is 1.70. The van der Waals surface area contributed by atoms with Crippen molar-refractivity contribution in [2.45, 2.75) is 38.8 Å². The maximum absolute atomic E-state index is 12.4. The molecule has 1 aliphatic carbocycles. The Morgan fingerprint density at radius 1 is 1.32 bits per heavy atom. The third-order valence-electron chi connectivity index (χ3n) is 5.44. The number of nitrogens with zero attached hydrogens (tertiary/aromatic N) is 2. The van der Waals surface area contributed by atoms with Gasteiger partial charge in [-0.05, 0) is 38.5 Å². The summed E-state index contributed by atoms with van der Waals surface area (Å²) in [7, 11) is 0. The van der Waals surface area contributed by atoms with Crippen molar-refractivity contribution in [1.82, 2.24) is 15.1 Å². The van der Waals surface area contributed by atoms with Crippen LogP contribution in [0.5, 0.6) is 0 Å². The first-order chi connectivity index (χ1) is 10.6. The molecule has 2 fully saturated rings. The Morgan fingerprint density at radius 2 is 2.00 bits per heavy atom. The van der Waals surface area contributed by atoms with E-state index in [1.807, 2.05) is 4.90 Å². The molecule has 5 heteroatoms. The van der Waals surface area contributed by atoms with Crippen molar-refractivity contribution < 1.29 is 9.53 Å². The van der Waals surface area contributed by atoms with Crippen LogP contribution in [0.3, 0.4) is 0 Å². The highest BCUT2D eigenvalue weighted by molar-refractivity contribution is 5.74. The Hall–Kier alpha value is -1.07. The predicted molar refractivity (Wildman–Crippen MR) is 86.8 cm³/mol. The molecule has 3 rings (SSSR count). The minimum atomic E-state index is 0.113. The molecule has 3 aliphatic rings. The van der Waals surface area contributed by atoms with Crippen molar-refractivity contribution in [2.24, 2.45) is 11.8 Å². The highest BCUT2D eigenvalue weighted by Crippen LogP contribution is 2.32. The number of fused-ring (bicyclic) bond motifs is 1. The molecule has 2 aliphatic heterocycles. The van der Waals surface area contributed by atoms with Crippen LogP contribution in [0.2, 0.25) is 0 Å². The number of nitrogens with one attached hydrogen (secondary N) is 1. The summed E-state index contributed by atoms with van der Waals surface area (Å²) in [6.07, 6.45) is 6.81. The number of hydrogen-bond acceptors (Lipinski definition) is 3. The summed E-state index contributed by atoms with van der Waals surface area (Å²) >= 11 is 0. The summed E-state index contributed by atoms with van der Waals surface area (Å²) in [6, 6.07) is 0.901. The fraction of sp³-hybridized carbons (Fsp3) is 0.824. The monoisotopic (exact) mass is 307 g/mol. The number of rotatable bonds is 3. The number of hydrogen-bond donors (Lipinski definition) is 1. The van der Waals surface area contributed by atoms with Crippen LogP contribution in [0.25, 0.3) is 0 Å². The number of amides is 2. The van der Waals surface area contributed by atoms with Gasteiger partial charge < -0.3 is 15.0 Å². The lowest BCUT2D eigenvalue weighted by molar-refractivity contribution is -0.0177. The first-order valence-electron chi connectivity index (χ1n) is 8.66. The average Bonchev–Trinajstić information content (AvgIpc) is 2.97. The number of likely N-dealkylation sites (tertiary alicyclic amines) is 1. The first kappa shape index (κ1) is 15.8. The van der Waals surface area contributed by atoms with E-state index in [1.54, 1.807) is 0 Å². The second-order valence-corrected chi connectivity index (χ2v) is 7.06. The van der Waals surface area contributed by atoms with Crippen molar-refractivity contribution in [3.8, 4) is 0 Å². The highest BCUT2D eigenvalue weighted by atomic mass is 16.5. The second kappa shape index (κ2) is 7.01. The number of allylic oxidation sites excluding steroid dienone is 2. The number of carbonyl (C=O) groups excluding carboxylic acids is 1. The molecule has 0 radical (unpaired) electrons. The summed E-state index contributed by atoms with van der Waals surface area (Å²) in [5.41, 5.74) is 0. The molecule has 0 saturated carbocycles. The van der Waals surface area contributed by atoms with Crippen molar-refractivity contribution in [3.05, 3.63) is 12.2 Å². The van der Waals surface area contributed by atoms with Gasteiger partial charge in [-0.1, -0.05) is 12.2 Å². The number of ether oxygens (including phenoxy) is 1. The fourth-order valence-electron chi connectivity index (χ4n) is 4.04. The van der Waals surface area contributed by atoms with E-state index < -0.39 is 0 Å². The Kier molecular flexibility index (Phi) is 5.03. The largest absolute Gasteiger partial charge is 0.379 e. The van der Waals surface area contributed by atoms with Gasteiger partial charge in [-0.3, -0.25) is 4.90 Å². The molecule has 0 aromatic rings. The maximum Gasteiger partial charge on any atom is 0.317 e. The molecule has 0 aromatic carbocycles. The van der Waals surface area contributed by atoms with E-state index in [0.717, 1.165) is 45.7 Å². The number of carbonyl (C=O) groups is 1. The van der Waals surface area contributed by atoms with Crippen LogP contribution < -0.4 is 5.32 Å². The van der Waals surface area contributed by atoms with E-state index in [2.05, 4.69) is 36.2 Å². The summed E-state index contributed by atoms with van der Waals surface area (Å²) in [5.74, 6) is 1.35. The number of urea groups is 1. The molecule has 2 heterocycles. The fourth-order valence-corrected chi connectivity index (χ4v) is 4.04. The summed E-state index contributed by atoms with van der Waals surface area (Å²) in [4.78, 5) is 16.8. The quantitative estimate of drug-likeness (QED) is 0.807. The second-order valence-electron chi connectivity index (χ2n) is 7.06. The lowest BCUT2D eigenvalue weighted by atomic mass is 9.86. The third kappa shape index (κ3) is 3.46. The molecule has 4 unspecified atom stereocenters. The topological polar surface area (TPSA) is 44.8 Å². The van der Waals surface area contributed by atoms with Crippen molar-refractivity contribution in [3.63, 3.8) is 0 Å². The van der Waals surface area contributed by atoms with Gasteiger partial charge in [-0.25, -0.2) is 4.79 Å². The number of morpholine rings is 1. The molecular weight excluding hydrogens is 278 g/mol. The molecule has 124 valence electrons. The molecule has 0 bridgehead atoms. The lowest BCUT2D eigenvalue weighted by Gasteiger charge is -2.38. The van der Waals surface area contributed by atoms with E-state index in [-0.39, 0.29) is 6.03 Å². The van der Waals surface area contributed by atoms with E-state index in [4.69, 9.17) is 4.74 Å². The van der Waals surface area contributed by atoms with Crippen LogP contribution in [0.1, 0.15) is 26.7 Å². The molecule has 0 spiro atoms. The van der Waals surface area contributed by atoms with Crippen molar-refractivity contribution >= 4 is 6.03 Å². The highest BCUT2D eigenvalue weighted by Gasteiger charge is 2.35. The Labute approximate surface area is 133 Å². The molecule has 0 aromatic heterocycles. The first-order valence-corrected chi connectivity index (χ1v) is 8.66. The van der Waals surface area contributed by atoms with Gasteiger partial charge in [0.05, 0.1) is 13.2 Å². The molecule has 5 nitrogen and oxygen atoms in total. The van der Waals surface area contributed by atoms with E-state index >= 15 is 0 Å². The van der Waals surface area contributed by atoms with Gasteiger partial charge in [0, 0.05) is 38.3 Å². The molecule has 2 saturated heterocycles. The van der Waals surface area contributed by atoms with Gasteiger partial charge in [-0.15, -0.1) is 0 Å². The van der Waals surface area contributed by atoms with Gasteiger partial charge in [0.1, 0.15) is 0 Å². The van der Waals surface area contributed by atoms with Gasteiger partial charge in [0.2, 0.25) is 0 Å². The van der Waals surface area contributed by atoms with Crippen molar-refractivity contribution in [1.29, 1.82) is 0 Å². The van der Waals surface area contributed by atoms with Gasteiger partial charge >= 0.3 is 6.03 Å². The van der Waals surface area contributed by atoms with E-state index in [9.17, 15) is 4.79 Å². The summed E-state index contributed by atoms with van der Waals surface area (Å²) in [6.45, 7) is 9.48. The normalized spacial score (nSPS) is 33.5. The zero-order chi connectivity index (χ0) is 15.5. The minimum absolute atomic E-state index is 0.113. The molecule has 1 N–H and O–H groups in total. The standard InChI is InChI=1S/C17H29N3O2/c1-13(20-7-8-22-12-14(20)2)9-18-17(21)19-10-15-5-3-4-6-16(15)11-19/h3-4,13-16H,5-12H2,1-2H3,(H,18,21). The summed E-state index contributed by atoms with van der Waals surface area (Å²) in [5, 5.41) is 3.14. The summed E-state index contributed by atoms with van der Waals surface area (Å²) < 4.78 is 5.48. The van der Waals surface area contributed by atoms with Crippen LogP contribution in [-0.4, -0.2) is 67.3 Å². The zero-order valence-electron chi connectivity index (χ0n) is 13.8. The average molecular weight is 307 g/mol. The van der Waals surface area contributed by atoms with Gasteiger partial charge in [-0.2, -0.15) is 0 Å². The van der Waals surface area contributed by atoms with Crippen LogP contribution in [-0.2, 0) is 4.74 Å². The maximum atomic E-state index is 12.4. The molecule has 2 amide bonds. The third-order valence-corrected chi connectivity index (χ3v) is 5.44. The zero-order valence-corrected chi connectivity index (χ0v) is 13.8. The Morgan fingerprint density at radius 3 is 2.64 bits per heavy atom. The van der Waals surface area contributed by atoms with Crippen LogP contribution in [0.4, 0.5) is 4.79 Å². The van der Waals surface area contributed by atoms with Crippen LogP contribution >= 0.6 is 0 Å². The Balaban J connectivity index is 1.44. The van der Waals surface area contributed by atoms with Crippen molar-refractivity contribution in [2.75, 3.05) is 39.4 Å². The van der Waals surface area contributed by atoms with E-state index in [0.29, 0.717) is 30.5 Å². The molecular formula is C17H29N3O2. The van der Waals surface area contributed by atoms with Gasteiger partial charge in [0.25, 0.3) is 0 Å². The van der Waals surface area contributed by atoms with E-state index in [1.165, 1.54) is 0 Å². The van der Waals surface area contributed by atoms with Gasteiger partial charge in [0.15, 0.2) is 0 Å². The minimum Gasteiger partial charge on any atom is -0.379 e. The van der Waals surface area contributed by atoms with Crippen LogP contribution in [0, 0.1) is 11.8 Å². The smallest absolute Gasteiger partial charge is 0.317 e. The molecule has 4 atom stereocenters. The molecule has 22 heavy (non-hydrogen) atoms.